The first-order valence-electron chi connectivity index (χ1n) is 12.7. The summed E-state index contributed by atoms with van der Waals surface area (Å²) in [5, 5.41) is 3.16. The van der Waals surface area contributed by atoms with Crippen LogP contribution in [0.4, 0.5) is 10.7 Å². The number of nitrogens with one attached hydrogen (secondary N) is 1. The molecular weight excluding hydrogens is 548 g/mol. The van der Waals surface area contributed by atoms with Crippen molar-refractivity contribution in [3.8, 4) is 11.5 Å². The monoisotopic (exact) mass is 576 g/mol. The Hall–Kier alpha value is -4.15. The van der Waals surface area contributed by atoms with Crippen LogP contribution in [0.2, 0.25) is 0 Å². The van der Waals surface area contributed by atoms with Gasteiger partial charge in [-0.15, -0.1) is 11.3 Å². The van der Waals surface area contributed by atoms with Gasteiger partial charge in [0.2, 0.25) is 5.91 Å². The van der Waals surface area contributed by atoms with Crippen LogP contribution in [0, 0.1) is 6.92 Å². The van der Waals surface area contributed by atoms with Crippen LogP contribution < -0.4 is 14.4 Å². The van der Waals surface area contributed by atoms with Crippen LogP contribution in [0.5, 0.6) is 11.5 Å². The molecule has 1 N–H and O–H groups in total. The molecule has 10 heteroatoms. The standard InChI is InChI=1S/C30H28N2O6S2/c1-20-11-17-24(18-12-20)40(35,36)32(21-13-15-23(16-14-21)38-22-7-4-3-5-8-22)19-27(33)31-29-28(30(34)37-2)25-9-6-10-26(25)39-29/h3-5,7-8,11-18H,6,9-10,19H2,1-2H3,(H,31,33). The lowest BCUT2D eigenvalue weighted by Crippen LogP contribution is -2.38. The number of ether oxygens (including phenoxy) is 2. The number of rotatable bonds is 9. The van der Waals surface area contributed by atoms with Crippen LogP contribution in [0.1, 0.15) is 32.8 Å². The Labute approximate surface area is 237 Å². The zero-order chi connectivity index (χ0) is 28.3. The van der Waals surface area contributed by atoms with Crippen molar-refractivity contribution in [1.29, 1.82) is 0 Å². The van der Waals surface area contributed by atoms with Crippen LogP contribution >= 0.6 is 11.3 Å². The van der Waals surface area contributed by atoms with E-state index in [9.17, 15) is 18.0 Å². The van der Waals surface area contributed by atoms with Crippen molar-refractivity contribution in [3.05, 3.63) is 100 Å². The summed E-state index contributed by atoms with van der Waals surface area (Å²) < 4.78 is 39.4. The highest BCUT2D eigenvalue weighted by atomic mass is 32.2. The Morgan fingerprint density at radius 2 is 1.60 bits per heavy atom. The van der Waals surface area contributed by atoms with E-state index in [1.165, 1.54) is 30.6 Å². The number of carbonyl (C=O) groups excluding carboxylic acids is 2. The molecule has 0 fully saturated rings. The third-order valence-corrected chi connectivity index (χ3v) is 9.56. The third kappa shape index (κ3) is 5.73. The summed E-state index contributed by atoms with van der Waals surface area (Å²) in [4.78, 5) is 27.0. The molecule has 0 aliphatic heterocycles. The van der Waals surface area contributed by atoms with Crippen LogP contribution in [0.3, 0.4) is 0 Å². The summed E-state index contributed by atoms with van der Waals surface area (Å²) in [5.74, 6) is 0.0594. The van der Waals surface area contributed by atoms with E-state index in [1.54, 1.807) is 36.4 Å². The normalized spacial score (nSPS) is 12.4. The second-order valence-corrected chi connectivity index (χ2v) is 12.3. The summed E-state index contributed by atoms with van der Waals surface area (Å²) in [6, 6.07) is 22.1. The van der Waals surface area contributed by atoms with Crippen molar-refractivity contribution < 1.29 is 27.5 Å². The quantitative estimate of drug-likeness (QED) is 0.247. The second-order valence-electron chi connectivity index (χ2n) is 9.33. The molecule has 0 saturated carbocycles. The van der Waals surface area contributed by atoms with Crippen molar-refractivity contribution in [2.45, 2.75) is 31.1 Å². The Morgan fingerprint density at radius 1 is 0.925 bits per heavy atom. The van der Waals surface area contributed by atoms with E-state index in [4.69, 9.17) is 9.47 Å². The summed E-state index contributed by atoms with van der Waals surface area (Å²) in [6.45, 7) is 1.36. The van der Waals surface area contributed by atoms with E-state index in [0.717, 1.165) is 39.6 Å². The number of hydrogen-bond acceptors (Lipinski definition) is 7. The first-order valence-corrected chi connectivity index (χ1v) is 15.0. The summed E-state index contributed by atoms with van der Waals surface area (Å²) in [7, 11) is -2.81. The lowest BCUT2D eigenvalue weighted by molar-refractivity contribution is -0.114. The number of carbonyl (C=O) groups is 2. The highest BCUT2D eigenvalue weighted by Crippen LogP contribution is 2.39. The molecule has 1 aliphatic rings. The number of sulfonamides is 1. The zero-order valence-electron chi connectivity index (χ0n) is 22.0. The van der Waals surface area contributed by atoms with Gasteiger partial charge in [-0.25, -0.2) is 13.2 Å². The van der Waals surface area contributed by atoms with E-state index in [1.807, 2.05) is 37.3 Å². The Kier molecular flexibility index (Phi) is 7.90. The molecule has 3 aromatic carbocycles. The van der Waals surface area contributed by atoms with Gasteiger partial charge in [-0.1, -0.05) is 35.9 Å². The van der Waals surface area contributed by atoms with Gasteiger partial charge in [0.15, 0.2) is 0 Å². The molecule has 206 valence electrons. The molecule has 1 amide bonds. The van der Waals surface area contributed by atoms with Crippen LogP contribution in [0.25, 0.3) is 0 Å². The minimum Gasteiger partial charge on any atom is -0.465 e. The highest BCUT2D eigenvalue weighted by molar-refractivity contribution is 7.92. The molecule has 0 saturated heterocycles. The van der Waals surface area contributed by atoms with E-state index >= 15 is 0 Å². The maximum Gasteiger partial charge on any atom is 0.341 e. The third-order valence-electron chi connectivity index (χ3n) is 6.56. The van der Waals surface area contributed by atoms with Gasteiger partial charge in [-0.2, -0.15) is 0 Å². The van der Waals surface area contributed by atoms with E-state index in [0.29, 0.717) is 22.1 Å². The average Bonchev–Trinajstić information content (AvgIpc) is 3.53. The number of benzene rings is 3. The van der Waals surface area contributed by atoms with E-state index < -0.39 is 28.4 Å². The molecule has 0 radical (unpaired) electrons. The van der Waals surface area contributed by atoms with Crippen LogP contribution in [-0.4, -0.2) is 33.9 Å². The zero-order valence-corrected chi connectivity index (χ0v) is 23.7. The molecule has 4 aromatic rings. The molecule has 1 heterocycles. The fourth-order valence-electron chi connectivity index (χ4n) is 4.56. The molecule has 1 aromatic heterocycles. The molecule has 40 heavy (non-hydrogen) atoms. The van der Waals surface area contributed by atoms with E-state index in [-0.39, 0.29) is 10.6 Å². The molecule has 8 nitrogen and oxygen atoms in total. The maximum absolute atomic E-state index is 13.8. The maximum atomic E-state index is 13.8. The Bertz CT molecular complexity index is 1630. The van der Waals surface area contributed by atoms with Crippen LogP contribution in [-0.2, 0) is 32.4 Å². The minimum atomic E-state index is -4.11. The fourth-order valence-corrected chi connectivity index (χ4v) is 7.28. The van der Waals surface area contributed by atoms with Gasteiger partial charge in [-0.3, -0.25) is 9.10 Å². The van der Waals surface area contributed by atoms with Gasteiger partial charge >= 0.3 is 5.97 Å². The van der Waals surface area contributed by atoms with Crippen molar-refractivity contribution >= 4 is 43.9 Å². The van der Waals surface area contributed by atoms with E-state index in [2.05, 4.69) is 5.32 Å². The molecule has 0 spiro atoms. The first-order chi connectivity index (χ1) is 19.3. The molecule has 1 aliphatic carbocycles. The lowest BCUT2D eigenvalue weighted by Gasteiger charge is -2.24. The average molecular weight is 577 g/mol. The van der Waals surface area contributed by atoms with Gasteiger partial charge < -0.3 is 14.8 Å². The van der Waals surface area contributed by atoms with Gasteiger partial charge in [-0.05, 0) is 80.3 Å². The van der Waals surface area contributed by atoms with Gasteiger partial charge in [0.25, 0.3) is 10.0 Å². The minimum absolute atomic E-state index is 0.0564. The topological polar surface area (TPSA) is 102 Å². The number of amides is 1. The predicted octanol–water partition coefficient (Wildman–Crippen LogP) is 5.96. The number of fused-ring (bicyclic) bond motifs is 1. The number of aryl methyl sites for hydroxylation is 2. The smallest absolute Gasteiger partial charge is 0.341 e. The number of esters is 1. The van der Waals surface area contributed by atoms with Gasteiger partial charge in [0.05, 0.1) is 23.3 Å². The Morgan fingerprint density at radius 3 is 2.27 bits per heavy atom. The van der Waals surface area contributed by atoms with Gasteiger partial charge in [0, 0.05) is 4.88 Å². The number of anilines is 2. The molecular formula is C30H28N2O6S2. The summed E-state index contributed by atoms with van der Waals surface area (Å²) in [6.07, 6.45) is 2.49. The molecule has 0 unspecified atom stereocenters. The second kappa shape index (κ2) is 11.5. The number of methoxy groups -OCH3 is 1. The first kappa shape index (κ1) is 27.4. The molecule has 0 atom stereocenters. The number of thiophene rings is 1. The predicted molar refractivity (Wildman–Crippen MR) is 155 cm³/mol. The molecule has 0 bridgehead atoms. The van der Waals surface area contributed by atoms with Crippen molar-refractivity contribution in [2.24, 2.45) is 0 Å². The van der Waals surface area contributed by atoms with Crippen molar-refractivity contribution in [3.63, 3.8) is 0 Å². The number of para-hydroxylation sites is 1. The van der Waals surface area contributed by atoms with Crippen LogP contribution in [0.15, 0.2) is 83.8 Å². The Balaban J connectivity index is 1.44. The highest BCUT2D eigenvalue weighted by Gasteiger charge is 2.31. The van der Waals surface area contributed by atoms with Crippen molar-refractivity contribution in [1.82, 2.24) is 0 Å². The van der Waals surface area contributed by atoms with Crippen molar-refractivity contribution in [2.75, 3.05) is 23.3 Å². The largest absolute Gasteiger partial charge is 0.465 e. The van der Waals surface area contributed by atoms with Gasteiger partial charge in [0.1, 0.15) is 23.0 Å². The number of hydrogen-bond donors (Lipinski definition) is 1. The summed E-state index contributed by atoms with van der Waals surface area (Å²) in [5.41, 5.74) is 2.44. The lowest BCUT2D eigenvalue weighted by atomic mass is 10.1. The molecule has 5 rings (SSSR count). The summed E-state index contributed by atoms with van der Waals surface area (Å²) >= 11 is 1.33. The SMILES string of the molecule is COC(=O)c1c(NC(=O)CN(c2ccc(Oc3ccccc3)cc2)S(=O)(=O)c2ccc(C)cc2)sc2c1CCC2. The number of nitrogens with zero attached hydrogens (tertiary/aromatic N) is 1. The fraction of sp³-hybridized carbons (Fsp3) is 0.200.